The minimum absolute atomic E-state index is 0.0470. The molecule has 1 atom stereocenters. The van der Waals surface area contributed by atoms with Crippen molar-refractivity contribution in [3.8, 4) is 0 Å². The van der Waals surface area contributed by atoms with Gasteiger partial charge in [0.1, 0.15) is 11.8 Å². The van der Waals surface area contributed by atoms with Crippen molar-refractivity contribution in [2.45, 2.75) is 33.0 Å². The van der Waals surface area contributed by atoms with Gasteiger partial charge in [0.2, 0.25) is 0 Å². The van der Waals surface area contributed by atoms with Crippen molar-refractivity contribution in [3.05, 3.63) is 76.9 Å². The third-order valence-corrected chi connectivity index (χ3v) is 6.92. The predicted molar refractivity (Wildman–Crippen MR) is 139 cm³/mol. The topological polar surface area (TPSA) is 92.6 Å². The molecule has 2 aliphatic heterocycles. The summed E-state index contributed by atoms with van der Waals surface area (Å²) in [6.07, 6.45) is 10.5. The molecule has 8 heteroatoms. The van der Waals surface area contributed by atoms with Gasteiger partial charge in [-0.2, -0.15) is 5.10 Å². The number of rotatable bonds is 5. The molecule has 180 valence electrons. The lowest BCUT2D eigenvalue weighted by atomic mass is 9.99. The summed E-state index contributed by atoms with van der Waals surface area (Å²) in [5.74, 6) is 0.0470. The minimum atomic E-state index is -0.203. The second-order valence-corrected chi connectivity index (χ2v) is 9.36. The summed E-state index contributed by atoms with van der Waals surface area (Å²) in [6, 6.07) is 6.19. The maximum Gasteiger partial charge on any atom is 0.161 e. The number of pyridine rings is 2. The number of hydrogen-bond acceptors (Lipinski definition) is 7. The standard InChI is InChI=1S/C27H31N7O/c1-17-13-20(18(2)35)15-30-26(17)19-8-11-34(12-9-19)16-21-14-23-22(7-10-29-27(23)32(21)3)24-5-6-25(28)33(4)31-24/h5-8,10,13-15,25H,9,11-12,16,28H2,1-4H3. The van der Waals surface area contributed by atoms with Gasteiger partial charge < -0.3 is 10.3 Å². The summed E-state index contributed by atoms with van der Waals surface area (Å²) in [5, 5.41) is 7.52. The van der Waals surface area contributed by atoms with Gasteiger partial charge in [0.05, 0.1) is 11.4 Å². The number of carbonyl (C=O) groups is 1. The molecule has 5 rings (SSSR count). The van der Waals surface area contributed by atoms with E-state index in [1.807, 2.05) is 44.5 Å². The molecular formula is C27H31N7O. The second-order valence-electron chi connectivity index (χ2n) is 9.36. The molecule has 0 bridgehead atoms. The monoisotopic (exact) mass is 469 g/mol. The summed E-state index contributed by atoms with van der Waals surface area (Å²) < 4.78 is 2.17. The fourth-order valence-electron chi connectivity index (χ4n) is 4.78. The Morgan fingerprint density at radius 2 is 2.06 bits per heavy atom. The summed E-state index contributed by atoms with van der Waals surface area (Å²) in [4.78, 5) is 23.3. The van der Waals surface area contributed by atoms with E-state index in [2.05, 4.69) is 43.7 Å². The van der Waals surface area contributed by atoms with Gasteiger partial charge in [-0.25, -0.2) is 4.98 Å². The third kappa shape index (κ3) is 4.42. The van der Waals surface area contributed by atoms with Gasteiger partial charge in [0, 0.05) is 68.3 Å². The molecule has 8 nitrogen and oxygen atoms in total. The zero-order valence-corrected chi connectivity index (χ0v) is 20.7. The lowest BCUT2D eigenvalue weighted by Gasteiger charge is -2.26. The van der Waals surface area contributed by atoms with Crippen LogP contribution < -0.4 is 5.73 Å². The van der Waals surface area contributed by atoms with Gasteiger partial charge in [-0.15, -0.1) is 0 Å². The second kappa shape index (κ2) is 9.20. The Bertz CT molecular complexity index is 1400. The first kappa shape index (κ1) is 23.1. The molecule has 0 amide bonds. The molecule has 0 fully saturated rings. The van der Waals surface area contributed by atoms with Crippen LogP contribution in [-0.4, -0.2) is 62.2 Å². The van der Waals surface area contributed by atoms with Crippen molar-refractivity contribution in [1.82, 2.24) is 24.4 Å². The Kier molecular flexibility index (Phi) is 6.08. The van der Waals surface area contributed by atoms with E-state index in [1.54, 1.807) is 18.1 Å². The number of hydrazone groups is 1. The number of hydrogen-bond donors (Lipinski definition) is 1. The van der Waals surface area contributed by atoms with Crippen molar-refractivity contribution in [2.24, 2.45) is 17.9 Å². The van der Waals surface area contributed by atoms with Crippen LogP contribution in [0.15, 0.2) is 53.9 Å². The van der Waals surface area contributed by atoms with Gasteiger partial charge in [-0.05, 0) is 61.8 Å². The molecule has 0 spiro atoms. The average Bonchev–Trinajstić information content (AvgIpc) is 3.16. The van der Waals surface area contributed by atoms with Crippen LogP contribution in [0.25, 0.3) is 16.6 Å². The van der Waals surface area contributed by atoms with Crippen LogP contribution in [0.4, 0.5) is 0 Å². The molecule has 3 aromatic heterocycles. The van der Waals surface area contributed by atoms with Gasteiger partial charge in [-0.1, -0.05) is 6.08 Å². The van der Waals surface area contributed by atoms with Crippen LogP contribution in [0.3, 0.4) is 0 Å². The molecule has 3 aromatic rings. The average molecular weight is 470 g/mol. The molecule has 0 aromatic carbocycles. The zero-order valence-electron chi connectivity index (χ0n) is 20.7. The van der Waals surface area contributed by atoms with E-state index in [0.29, 0.717) is 5.56 Å². The third-order valence-electron chi connectivity index (χ3n) is 6.92. The van der Waals surface area contributed by atoms with Gasteiger partial charge >= 0.3 is 0 Å². The molecular weight excluding hydrogens is 438 g/mol. The fourth-order valence-corrected chi connectivity index (χ4v) is 4.78. The first-order valence-electron chi connectivity index (χ1n) is 11.9. The molecule has 1 unspecified atom stereocenters. The molecule has 0 saturated carbocycles. The molecule has 5 heterocycles. The Hall–Kier alpha value is -3.62. The van der Waals surface area contributed by atoms with Crippen molar-refractivity contribution in [3.63, 3.8) is 0 Å². The minimum Gasteiger partial charge on any atom is -0.331 e. The Balaban J connectivity index is 1.36. The van der Waals surface area contributed by atoms with E-state index < -0.39 is 0 Å². The Morgan fingerprint density at radius 1 is 1.23 bits per heavy atom. The highest BCUT2D eigenvalue weighted by atomic mass is 16.1. The number of carbonyl (C=O) groups excluding carboxylic acids is 1. The SMILES string of the molecule is CC(=O)c1cnc(C2=CCN(Cc3cc4c(C5=NN(C)C(N)C=C5)ccnc4n3C)CC2)c(C)c1. The number of likely N-dealkylation sites (N-methyl/N-ethyl adjacent to an activating group) is 1. The normalized spacial score (nSPS) is 18.7. The maximum absolute atomic E-state index is 11.6. The van der Waals surface area contributed by atoms with E-state index in [0.717, 1.165) is 59.6 Å². The highest BCUT2D eigenvalue weighted by Crippen LogP contribution is 2.27. The first-order valence-corrected chi connectivity index (χ1v) is 11.9. The van der Waals surface area contributed by atoms with Gasteiger partial charge in [-0.3, -0.25) is 19.7 Å². The molecule has 0 radical (unpaired) electrons. The number of nitrogens with zero attached hydrogens (tertiary/aromatic N) is 6. The number of aryl methyl sites for hydroxylation is 2. The van der Waals surface area contributed by atoms with E-state index in [9.17, 15) is 4.79 Å². The van der Waals surface area contributed by atoms with Crippen molar-refractivity contribution in [2.75, 3.05) is 20.1 Å². The van der Waals surface area contributed by atoms with Crippen LogP contribution >= 0.6 is 0 Å². The highest BCUT2D eigenvalue weighted by molar-refractivity contribution is 6.16. The quantitative estimate of drug-likeness (QED) is 0.577. The predicted octanol–water partition coefficient (Wildman–Crippen LogP) is 3.26. The Labute approximate surface area is 205 Å². The number of Topliss-reactive ketones (excluding diaryl/α,β-unsaturated/α-hetero) is 1. The number of nitrogens with two attached hydrogens (primary N) is 1. The number of allylic oxidation sites excluding steroid dienone is 1. The fraction of sp³-hybridized carbons (Fsp3) is 0.333. The number of ketones is 1. The Morgan fingerprint density at radius 3 is 2.74 bits per heavy atom. The van der Waals surface area contributed by atoms with Gasteiger partial charge in [0.15, 0.2) is 5.78 Å². The molecule has 0 saturated heterocycles. The number of aromatic nitrogens is 3. The molecule has 2 aliphatic rings. The molecule has 0 aliphatic carbocycles. The van der Waals surface area contributed by atoms with E-state index in [4.69, 9.17) is 5.73 Å². The lowest BCUT2D eigenvalue weighted by molar-refractivity contribution is 0.101. The smallest absolute Gasteiger partial charge is 0.161 e. The van der Waals surface area contributed by atoms with Crippen LogP contribution in [0.1, 0.15) is 46.2 Å². The van der Waals surface area contributed by atoms with Crippen molar-refractivity contribution < 1.29 is 4.79 Å². The highest BCUT2D eigenvalue weighted by Gasteiger charge is 2.20. The van der Waals surface area contributed by atoms with E-state index in [-0.39, 0.29) is 11.9 Å². The summed E-state index contributed by atoms with van der Waals surface area (Å²) in [5.41, 5.74) is 14.1. The summed E-state index contributed by atoms with van der Waals surface area (Å²) in [6.45, 7) is 6.23. The number of fused-ring (bicyclic) bond motifs is 1. The summed E-state index contributed by atoms with van der Waals surface area (Å²) >= 11 is 0. The molecule has 35 heavy (non-hydrogen) atoms. The molecule has 2 N–H and O–H groups in total. The van der Waals surface area contributed by atoms with Crippen LogP contribution in [-0.2, 0) is 13.6 Å². The van der Waals surface area contributed by atoms with Crippen LogP contribution in [0, 0.1) is 6.92 Å². The maximum atomic E-state index is 11.6. The van der Waals surface area contributed by atoms with E-state index in [1.165, 1.54) is 11.3 Å². The van der Waals surface area contributed by atoms with Crippen molar-refractivity contribution >= 4 is 28.1 Å². The van der Waals surface area contributed by atoms with E-state index >= 15 is 0 Å². The first-order chi connectivity index (χ1) is 16.8. The van der Waals surface area contributed by atoms with Crippen molar-refractivity contribution in [1.29, 1.82) is 0 Å². The zero-order chi connectivity index (χ0) is 24.7. The van der Waals surface area contributed by atoms with Crippen LogP contribution in [0.5, 0.6) is 0 Å². The largest absolute Gasteiger partial charge is 0.331 e. The lowest BCUT2D eigenvalue weighted by Crippen LogP contribution is -2.36. The van der Waals surface area contributed by atoms with Gasteiger partial charge in [0.25, 0.3) is 0 Å². The summed E-state index contributed by atoms with van der Waals surface area (Å²) in [7, 11) is 3.96. The van der Waals surface area contributed by atoms with Crippen LogP contribution in [0.2, 0.25) is 0 Å².